The molecule has 33 heavy (non-hydrogen) atoms. The first kappa shape index (κ1) is 25.6. The number of rotatable bonds is 7. The molecular formula is C21H32N5O6P. The van der Waals surface area contributed by atoms with E-state index in [2.05, 4.69) is 20.9 Å². The zero-order valence-electron chi connectivity index (χ0n) is 19.8. The molecule has 0 radical (unpaired) electrons. The van der Waals surface area contributed by atoms with Gasteiger partial charge in [-0.2, -0.15) is 0 Å². The third kappa shape index (κ3) is 5.54. The lowest BCUT2D eigenvalue weighted by Crippen LogP contribution is -2.40. The van der Waals surface area contributed by atoms with Crippen LogP contribution in [0.5, 0.6) is 0 Å². The maximum atomic E-state index is 13.1. The zero-order valence-corrected chi connectivity index (χ0v) is 20.7. The van der Waals surface area contributed by atoms with Gasteiger partial charge in [0.2, 0.25) is 0 Å². The van der Waals surface area contributed by atoms with Crippen LogP contribution >= 0.6 is 7.60 Å². The first-order valence-corrected chi connectivity index (χ1v) is 12.1. The van der Waals surface area contributed by atoms with Crippen molar-refractivity contribution in [1.82, 2.24) is 19.5 Å². The van der Waals surface area contributed by atoms with Crippen molar-refractivity contribution in [3.05, 3.63) is 12.7 Å². The standard InChI is InChI=1S/C21H32N5O6P/c1-8-9-29-16-15(32-33(27,28)21(5,6)7)13(10-30-20(2,3)4)31-19(16)26-12-25-14-17(22)23-11-24-18(14)26/h1,11-13,15-16,19H,9-10H2,2-7H3,(H,27,28)(H2,22,23,24)/t13-,15+,16?,19-/m1/s1. The molecule has 182 valence electrons. The lowest BCUT2D eigenvalue weighted by molar-refractivity contribution is -0.0990. The predicted molar refractivity (Wildman–Crippen MR) is 122 cm³/mol. The molecule has 3 rings (SSSR count). The number of fused-ring (bicyclic) bond motifs is 1. The summed E-state index contributed by atoms with van der Waals surface area (Å²) in [5.74, 6) is 2.64. The Bertz CT molecular complexity index is 1070. The van der Waals surface area contributed by atoms with Crippen LogP contribution in [-0.2, 0) is 23.3 Å². The molecule has 2 unspecified atom stereocenters. The number of hydrogen-bond acceptors (Lipinski definition) is 9. The molecule has 1 aliphatic rings. The van der Waals surface area contributed by atoms with E-state index in [0.29, 0.717) is 11.2 Å². The highest BCUT2D eigenvalue weighted by Crippen LogP contribution is 2.57. The number of nitrogens with zero attached hydrogens (tertiary/aromatic N) is 4. The fourth-order valence-electron chi connectivity index (χ4n) is 3.23. The van der Waals surface area contributed by atoms with Crippen LogP contribution in [0.25, 0.3) is 11.2 Å². The summed E-state index contributed by atoms with van der Waals surface area (Å²) in [5, 5.41) is -1.03. The molecule has 3 heterocycles. The Balaban J connectivity index is 2.04. The molecule has 0 saturated carbocycles. The van der Waals surface area contributed by atoms with Gasteiger partial charge in [0.15, 0.2) is 17.7 Å². The van der Waals surface area contributed by atoms with Crippen molar-refractivity contribution in [2.24, 2.45) is 0 Å². The average molecular weight is 481 g/mol. The van der Waals surface area contributed by atoms with Crippen molar-refractivity contribution in [2.75, 3.05) is 18.9 Å². The monoisotopic (exact) mass is 481 g/mol. The van der Waals surface area contributed by atoms with Gasteiger partial charge in [-0.1, -0.05) is 5.92 Å². The van der Waals surface area contributed by atoms with Crippen LogP contribution in [-0.4, -0.2) is 66.7 Å². The van der Waals surface area contributed by atoms with Crippen LogP contribution < -0.4 is 5.73 Å². The van der Waals surface area contributed by atoms with Crippen LogP contribution in [0.1, 0.15) is 47.8 Å². The Kier molecular flexibility index (Phi) is 7.20. The summed E-state index contributed by atoms with van der Waals surface area (Å²) in [7, 11) is -4.09. The van der Waals surface area contributed by atoms with Crippen LogP contribution in [0, 0.1) is 12.3 Å². The average Bonchev–Trinajstić information content (AvgIpc) is 3.25. The molecule has 1 fully saturated rings. The highest BCUT2D eigenvalue weighted by Gasteiger charge is 2.52. The second kappa shape index (κ2) is 9.29. The van der Waals surface area contributed by atoms with Gasteiger partial charge in [0.1, 0.15) is 36.8 Å². The summed E-state index contributed by atoms with van der Waals surface area (Å²) in [4.78, 5) is 23.2. The lowest BCUT2D eigenvalue weighted by atomic mass is 10.1. The number of aromatic nitrogens is 4. The van der Waals surface area contributed by atoms with Crippen LogP contribution in [0.4, 0.5) is 5.82 Å². The number of nitrogens with two attached hydrogens (primary N) is 1. The molecule has 1 aliphatic heterocycles. The van der Waals surface area contributed by atoms with E-state index in [-0.39, 0.29) is 19.0 Å². The van der Waals surface area contributed by atoms with Gasteiger partial charge in [-0.05, 0) is 41.5 Å². The predicted octanol–water partition coefficient (Wildman–Crippen LogP) is 2.51. The molecule has 5 atom stereocenters. The Labute approximate surface area is 193 Å². The molecule has 0 bridgehead atoms. The van der Waals surface area contributed by atoms with Gasteiger partial charge in [0.05, 0.1) is 23.7 Å². The van der Waals surface area contributed by atoms with E-state index in [1.54, 1.807) is 25.3 Å². The molecule has 0 amide bonds. The first-order valence-electron chi connectivity index (χ1n) is 10.5. The number of hydrogen-bond donors (Lipinski definition) is 2. The van der Waals surface area contributed by atoms with Gasteiger partial charge < -0.3 is 24.8 Å². The summed E-state index contributed by atoms with van der Waals surface area (Å²) < 4.78 is 38.7. The topological polar surface area (TPSA) is 144 Å². The Hall–Kier alpha value is -2.06. The van der Waals surface area contributed by atoms with Crippen LogP contribution in [0.2, 0.25) is 0 Å². The molecular weight excluding hydrogens is 449 g/mol. The van der Waals surface area contributed by atoms with Crippen molar-refractivity contribution in [3.8, 4) is 12.3 Å². The molecule has 0 aliphatic carbocycles. The second-order valence-corrected chi connectivity index (χ2v) is 12.4. The summed E-state index contributed by atoms with van der Waals surface area (Å²) >= 11 is 0. The number of terminal acetylenes is 1. The lowest BCUT2D eigenvalue weighted by Gasteiger charge is -2.32. The molecule has 2 aromatic rings. The third-order valence-electron chi connectivity index (χ3n) is 5.10. The van der Waals surface area contributed by atoms with Crippen molar-refractivity contribution in [3.63, 3.8) is 0 Å². The fraction of sp³-hybridized carbons (Fsp3) is 0.667. The maximum absolute atomic E-state index is 13.1. The van der Waals surface area contributed by atoms with E-state index in [4.69, 9.17) is 30.9 Å². The van der Waals surface area contributed by atoms with E-state index in [0.717, 1.165) is 0 Å². The molecule has 0 aromatic carbocycles. The Morgan fingerprint density at radius 3 is 2.55 bits per heavy atom. The van der Waals surface area contributed by atoms with E-state index in [1.165, 1.54) is 12.7 Å². The zero-order chi connectivity index (χ0) is 24.6. The minimum Gasteiger partial charge on any atom is -0.382 e. The molecule has 12 heteroatoms. The highest BCUT2D eigenvalue weighted by atomic mass is 31.2. The van der Waals surface area contributed by atoms with Gasteiger partial charge in [-0.25, -0.2) is 15.0 Å². The smallest absolute Gasteiger partial charge is 0.333 e. The van der Waals surface area contributed by atoms with Crippen molar-refractivity contribution < 1.29 is 28.2 Å². The minimum absolute atomic E-state index is 0.0633. The highest BCUT2D eigenvalue weighted by molar-refractivity contribution is 7.54. The third-order valence-corrected chi connectivity index (χ3v) is 7.32. The normalized spacial score (nSPS) is 25.8. The molecule has 1 saturated heterocycles. The maximum Gasteiger partial charge on any atom is 0.333 e. The summed E-state index contributed by atoms with van der Waals surface area (Å²) in [6.07, 6.45) is 4.87. The van der Waals surface area contributed by atoms with Crippen molar-refractivity contribution in [2.45, 2.75) is 76.8 Å². The van der Waals surface area contributed by atoms with E-state index < -0.39 is 42.9 Å². The Morgan fingerprint density at radius 2 is 1.94 bits per heavy atom. The summed E-state index contributed by atoms with van der Waals surface area (Å²) in [6, 6.07) is 0. The SMILES string of the molecule is C#CCOC1[C@@H](OP(=O)(O)C(C)(C)C)[C@@H](COC(C)(C)C)O[C@H]1n1cnc2c(N)ncnc21. The van der Waals surface area contributed by atoms with Crippen LogP contribution in [0.3, 0.4) is 0 Å². The van der Waals surface area contributed by atoms with Gasteiger partial charge >= 0.3 is 7.60 Å². The first-order chi connectivity index (χ1) is 15.2. The van der Waals surface area contributed by atoms with E-state index in [9.17, 15) is 9.46 Å². The van der Waals surface area contributed by atoms with E-state index in [1.807, 2.05) is 20.8 Å². The Morgan fingerprint density at radius 1 is 1.24 bits per heavy atom. The van der Waals surface area contributed by atoms with Crippen molar-refractivity contribution in [1.29, 1.82) is 0 Å². The second-order valence-electron chi connectivity index (χ2n) is 9.81. The van der Waals surface area contributed by atoms with E-state index >= 15 is 0 Å². The summed E-state index contributed by atoms with van der Waals surface area (Å²) in [6.45, 7) is 10.6. The molecule has 2 aromatic heterocycles. The molecule has 0 spiro atoms. The molecule has 11 nitrogen and oxygen atoms in total. The largest absolute Gasteiger partial charge is 0.382 e. The van der Waals surface area contributed by atoms with Crippen LogP contribution in [0.15, 0.2) is 12.7 Å². The van der Waals surface area contributed by atoms with Gasteiger partial charge in [0.25, 0.3) is 0 Å². The molecule has 3 N–H and O–H groups in total. The van der Waals surface area contributed by atoms with Crippen molar-refractivity contribution >= 4 is 24.6 Å². The number of ether oxygens (including phenoxy) is 3. The number of anilines is 1. The van der Waals surface area contributed by atoms with Gasteiger partial charge in [-0.15, -0.1) is 6.42 Å². The summed E-state index contributed by atoms with van der Waals surface area (Å²) in [5.41, 5.74) is 6.26. The fourth-order valence-corrected chi connectivity index (χ4v) is 4.13. The van der Waals surface area contributed by atoms with Gasteiger partial charge in [0, 0.05) is 0 Å². The quantitative estimate of drug-likeness (QED) is 0.447. The van der Waals surface area contributed by atoms with Gasteiger partial charge in [-0.3, -0.25) is 13.7 Å². The number of imidazole rings is 1. The number of nitrogen functional groups attached to an aromatic ring is 1. The minimum atomic E-state index is -4.09.